The van der Waals surface area contributed by atoms with Crippen molar-refractivity contribution in [3.05, 3.63) is 24.3 Å². The predicted molar refractivity (Wildman–Crippen MR) is 71.4 cm³/mol. The number of carbonyl (C=O) groups excluding carboxylic acids is 1. The molecule has 0 aliphatic carbocycles. The van der Waals surface area contributed by atoms with Crippen molar-refractivity contribution < 1.29 is 14.2 Å². The first-order chi connectivity index (χ1) is 9.04. The van der Waals surface area contributed by atoms with Crippen molar-refractivity contribution in [3.63, 3.8) is 0 Å². The zero-order chi connectivity index (χ0) is 13.8. The highest BCUT2D eigenvalue weighted by atomic mass is 16.4. The van der Waals surface area contributed by atoms with Gasteiger partial charge in [0, 0.05) is 6.42 Å². The number of amides is 1. The van der Waals surface area contributed by atoms with E-state index >= 15 is 0 Å². The van der Waals surface area contributed by atoms with Crippen molar-refractivity contribution in [3.8, 4) is 0 Å². The largest absolute Gasteiger partial charge is 0.406 e. The van der Waals surface area contributed by atoms with Crippen LogP contribution in [0.5, 0.6) is 0 Å². The fraction of sp³-hybridized carbons (Fsp3) is 0.308. The minimum atomic E-state index is -0.142. The van der Waals surface area contributed by atoms with Gasteiger partial charge in [0.25, 0.3) is 5.91 Å². The SMILES string of the molecule is CC(C)CC(=O)NC(N)=[NH+]c1nc2ccccc2o1. The Morgan fingerprint density at radius 1 is 1.47 bits per heavy atom. The van der Waals surface area contributed by atoms with Crippen molar-refractivity contribution in [2.24, 2.45) is 11.7 Å². The summed E-state index contributed by atoms with van der Waals surface area (Å²) in [6.45, 7) is 3.92. The number of rotatable bonds is 3. The van der Waals surface area contributed by atoms with E-state index in [-0.39, 0.29) is 23.8 Å². The number of nitrogens with zero attached hydrogens (tertiary/aromatic N) is 1. The maximum absolute atomic E-state index is 11.5. The van der Waals surface area contributed by atoms with Gasteiger partial charge in [-0.3, -0.25) is 4.79 Å². The van der Waals surface area contributed by atoms with Gasteiger partial charge in [0.15, 0.2) is 11.1 Å². The Bertz CT molecular complexity index is 583. The Labute approximate surface area is 110 Å². The minimum Gasteiger partial charge on any atom is -0.404 e. The lowest BCUT2D eigenvalue weighted by atomic mass is 10.1. The molecular weight excluding hydrogens is 244 g/mol. The van der Waals surface area contributed by atoms with Gasteiger partial charge in [0.1, 0.15) is 0 Å². The van der Waals surface area contributed by atoms with Crippen molar-refractivity contribution in [2.75, 3.05) is 0 Å². The lowest BCUT2D eigenvalue weighted by molar-refractivity contribution is -0.381. The molecule has 1 amide bonds. The van der Waals surface area contributed by atoms with Crippen LogP contribution in [0.3, 0.4) is 0 Å². The van der Waals surface area contributed by atoms with Gasteiger partial charge in [-0.1, -0.05) is 31.0 Å². The third kappa shape index (κ3) is 3.54. The van der Waals surface area contributed by atoms with Gasteiger partial charge in [0.2, 0.25) is 0 Å². The van der Waals surface area contributed by atoms with Gasteiger partial charge in [-0.05, 0) is 18.1 Å². The number of hydrogen-bond donors (Lipinski definition) is 3. The monoisotopic (exact) mass is 261 g/mol. The lowest BCUT2D eigenvalue weighted by Crippen LogP contribution is -2.74. The molecule has 0 bridgehead atoms. The number of nitrogens with one attached hydrogen (secondary N) is 2. The van der Waals surface area contributed by atoms with Crippen LogP contribution in [0.4, 0.5) is 6.01 Å². The normalized spacial score (nSPS) is 12.1. The summed E-state index contributed by atoms with van der Waals surface area (Å²) in [5, 5.41) is 2.55. The third-order valence-electron chi connectivity index (χ3n) is 2.40. The molecule has 0 fully saturated rings. The van der Waals surface area contributed by atoms with E-state index in [9.17, 15) is 4.79 Å². The molecule has 6 heteroatoms. The minimum absolute atomic E-state index is 0.109. The predicted octanol–water partition coefficient (Wildman–Crippen LogP) is 0.0169. The Hall–Kier alpha value is -2.37. The molecular formula is C13H17N4O2+. The standard InChI is InChI=1S/C13H16N4O2/c1-8(2)7-11(18)16-12(14)17-13-15-9-5-3-4-6-10(9)19-13/h3-6,8H,7H2,1-2H3,(H3,14,15,16,17,18)/p+1. The van der Waals surface area contributed by atoms with E-state index in [1.807, 2.05) is 32.0 Å². The van der Waals surface area contributed by atoms with Crippen LogP contribution in [0.2, 0.25) is 0 Å². The first kappa shape index (κ1) is 13.1. The maximum Gasteiger partial charge on any atom is 0.406 e. The zero-order valence-corrected chi connectivity index (χ0v) is 10.9. The van der Waals surface area contributed by atoms with Crippen LogP contribution in [0.1, 0.15) is 20.3 Å². The molecule has 1 aromatic carbocycles. The van der Waals surface area contributed by atoms with E-state index in [4.69, 9.17) is 10.2 Å². The van der Waals surface area contributed by atoms with Crippen LogP contribution < -0.4 is 16.0 Å². The molecule has 6 nitrogen and oxygen atoms in total. The molecule has 0 aliphatic rings. The number of benzene rings is 1. The zero-order valence-electron chi connectivity index (χ0n) is 10.9. The summed E-state index contributed by atoms with van der Waals surface area (Å²) in [4.78, 5) is 18.4. The highest BCUT2D eigenvalue weighted by Crippen LogP contribution is 2.14. The van der Waals surface area contributed by atoms with Crippen LogP contribution in [-0.2, 0) is 4.79 Å². The molecule has 2 rings (SSSR count). The van der Waals surface area contributed by atoms with Gasteiger partial charge < -0.3 is 10.2 Å². The molecule has 0 saturated carbocycles. The second kappa shape index (κ2) is 5.51. The molecule has 0 radical (unpaired) electrons. The highest BCUT2D eigenvalue weighted by molar-refractivity contribution is 5.93. The van der Waals surface area contributed by atoms with Gasteiger partial charge >= 0.3 is 12.0 Å². The molecule has 100 valence electrons. The Balaban J connectivity index is 2.09. The molecule has 0 unspecified atom stereocenters. The van der Waals surface area contributed by atoms with Crippen LogP contribution in [-0.4, -0.2) is 16.9 Å². The average Bonchev–Trinajstić information content (AvgIpc) is 2.68. The molecule has 2 aromatic rings. The lowest BCUT2D eigenvalue weighted by Gasteiger charge is -2.01. The second-order valence-corrected chi connectivity index (χ2v) is 4.67. The fourth-order valence-electron chi connectivity index (χ4n) is 1.64. The van der Waals surface area contributed by atoms with Crippen molar-refractivity contribution in [2.45, 2.75) is 20.3 Å². The molecule has 4 N–H and O–H groups in total. The Kier molecular flexibility index (Phi) is 3.79. The summed E-state index contributed by atoms with van der Waals surface area (Å²) in [5.41, 5.74) is 7.06. The molecule has 0 aliphatic heterocycles. The number of hydrogen-bond acceptors (Lipinski definition) is 3. The van der Waals surface area contributed by atoms with E-state index in [2.05, 4.69) is 15.3 Å². The van der Waals surface area contributed by atoms with Crippen molar-refractivity contribution >= 4 is 29.0 Å². The van der Waals surface area contributed by atoms with Gasteiger partial charge in [-0.15, -0.1) is 0 Å². The summed E-state index contributed by atoms with van der Waals surface area (Å²) in [6.07, 6.45) is 0.413. The molecule has 0 saturated heterocycles. The number of aromatic nitrogens is 1. The topological polar surface area (TPSA) is 95.1 Å². The maximum atomic E-state index is 11.5. The van der Waals surface area contributed by atoms with Gasteiger partial charge in [-0.2, -0.15) is 0 Å². The summed E-state index contributed by atoms with van der Waals surface area (Å²) >= 11 is 0. The van der Waals surface area contributed by atoms with E-state index in [0.717, 1.165) is 5.52 Å². The van der Waals surface area contributed by atoms with Gasteiger partial charge in [0.05, 0.1) is 0 Å². The second-order valence-electron chi connectivity index (χ2n) is 4.67. The van der Waals surface area contributed by atoms with Crippen LogP contribution in [0.15, 0.2) is 28.7 Å². The molecule has 19 heavy (non-hydrogen) atoms. The molecule has 0 spiro atoms. The first-order valence-electron chi connectivity index (χ1n) is 6.09. The van der Waals surface area contributed by atoms with Crippen molar-refractivity contribution in [1.29, 1.82) is 0 Å². The number of oxazole rings is 1. The smallest absolute Gasteiger partial charge is 0.404 e. The van der Waals surface area contributed by atoms with Crippen LogP contribution in [0, 0.1) is 5.92 Å². The van der Waals surface area contributed by atoms with E-state index in [1.54, 1.807) is 6.07 Å². The van der Waals surface area contributed by atoms with Gasteiger partial charge in [-0.25, -0.2) is 10.3 Å². The van der Waals surface area contributed by atoms with Crippen molar-refractivity contribution in [1.82, 2.24) is 10.3 Å². The summed E-state index contributed by atoms with van der Waals surface area (Å²) in [7, 11) is 0. The third-order valence-corrected chi connectivity index (χ3v) is 2.40. The Morgan fingerprint density at radius 3 is 2.89 bits per heavy atom. The fourth-order valence-corrected chi connectivity index (χ4v) is 1.64. The summed E-state index contributed by atoms with van der Waals surface area (Å²) in [5.74, 6) is 0.241. The molecule has 0 atom stereocenters. The summed E-state index contributed by atoms with van der Waals surface area (Å²) in [6, 6.07) is 7.61. The van der Waals surface area contributed by atoms with E-state index < -0.39 is 0 Å². The van der Waals surface area contributed by atoms with Crippen LogP contribution in [0.25, 0.3) is 11.1 Å². The molecule has 1 aromatic heterocycles. The number of carbonyl (C=O) groups is 1. The number of nitrogens with two attached hydrogens (primary N) is 1. The average molecular weight is 261 g/mol. The van der Waals surface area contributed by atoms with E-state index in [0.29, 0.717) is 12.0 Å². The number of guanidine groups is 1. The molecule has 1 heterocycles. The number of fused-ring (bicyclic) bond motifs is 1. The Morgan fingerprint density at radius 2 is 2.21 bits per heavy atom. The number of para-hydroxylation sites is 2. The van der Waals surface area contributed by atoms with E-state index in [1.165, 1.54) is 0 Å². The highest BCUT2D eigenvalue weighted by Gasteiger charge is 2.12. The quantitative estimate of drug-likeness (QED) is 0.536. The first-order valence-corrected chi connectivity index (χ1v) is 6.09. The summed E-state index contributed by atoms with van der Waals surface area (Å²) < 4.78 is 5.43. The van der Waals surface area contributed by atoms with Crippen LogP contribution >= 0.6 is 0 Å².